The molecule has 1 N–H and O–H groups in total. The minimum absolute atomic E-state index is 0.151. The first-order valence-electron chi connectivity index (χ1n) is 6.73. The van der Waals surface area contributed by atoms with Crippen molar-refractivity contribution in [3.8, 4) is 0 Å². The first-order valence-corrected chi connectivity index (χ1v) is 8.46. The van der Waals surface area contributed by atoms with Gasteiger partial charge in [0.05, 0.1) is 0 Å². The van der Waals surface area contributed by atoms with Gasteiger partial charge in [-0.15, -0.1) is 0 Å². The van der Waals surface area contributed by atoms with Crippen molar-refractivity contribution in [2.75, 3.05) is 11.6 Å². The predicted molar refractivity (Wildman–Crippen MR) is 88.1 cm³/mol. The molecule has 0 saturated carbocycles. The van der Waals surface area contributed by atoms with E-state index in [0.717, 1.165) is 16.8 Å². The Balaban J connectivity index is 2.16. The molecule has 0 aliphatic carbocycles. The smallest absolute Gasteiger partial charge is 0.255 e. The second kappa shape index (κ2) is 6.68. The molecule has 110 valence electrons. The van der Waals surface area contributed by atoms with Crippen molar-refractivity contribution in [2.45, 2.75) is 19.6 Å². The fourth-order valence-electron chi connectivity index (χ4n) is 2.06. The molecular weight excluding hydrogens is 282 g/mol. The summed E-state index contributed by atoms with van der Waals surface area (Å²) in [6, 6.07) is 13.1. The highest BCUT2D eigenvalue weighted by molar-refractivity contribution is 7.83. The summed E-state index contributed by atoms with van der Waals surface area (Å²) >= 11 is 0. The van der Waals surface area contributed by atoms with E-state index in [1.807, 2.05) is 44.2 Å². The fourth-order valence-corrected chi connectivity index (χ4v) is 2.71. The van der Waals surface area contributed by atoms with E-state index >= 15 is 0 Å². The van der Waals surface area contributed by atoms with Crippen LogP contribution in [0.2, 0.25) is 0 Å². The number of hydrogen-bond donors (Lipinski definition) is 1. The molecule has 0 saturated heterocycles. The number of benzene rings is 2. The molecule has 0 bridgehead atoms. The summed E-state index contributed by atoms with van der Waals surface area (Å²) in [7, 11) is -0.913. The highest BCUT2D eigenvalue weighted by atomic mass is 32.2. The summed E-state index contributed by atoms with van der Waals surface area (Å²) in [5, 5.41) is 2.89. The molecule has 1 amide bonds. The zero-order chi connectivity index (χ0) is 15.4. The number of aryl methyl sites for hydroxylation is 2. The molecule has 0 aromatic heterocycles. The van der Waals surface area contributed by atoms with Gasteiger partial charge in [0, 0.05) is 34.1 Å². The number of rotatable bonds is 4. The molecule has 2 aromatic carbocycles. The number of amides is 1. The normalized spacial score (nSPS) is 12.0. The van der Waals surface area contributed by atoms with Crippen molar-refractivity contribution >= 4 is 22.4 Å². The Morgan fingerprint density at radius 3 is 2.52 bits per heavy atom. The Labute approximate surface area is 127 Å². The molecule has 4 heteroatoms. The van der Waals surface area contributed by atoms with Crippen LogP contribution in [-0.2, 0) is 16.6 Å². The molecule has 0 aliphatic rings. The molecule has 0 heterocycles. The largest absolute Gasteiger partial charge is 0.322 e. The lowest BCUT2D eigenvalue weighted by molar-refractivity contribution is 0.102. The SMILES string of the molecule is Cc1ccc(NC(=O)c2cccc(CS(C)=O)c2)cc1C. The van der Waals surface area contributed by atoms with Crippen molar-refractivity contribution in [3.63, 3.8) is 0 Å². The summed E-state index contributed by atoms with van der Waals surface area (Å²) in [5.74, 6) is 0.312. The lowest BCUT2D eigenvalue weighted by Gasteiger charge is -2.08. The third kappa shape index (κ3) is 4.26. The van der Waals surface area contributed by atoms with Gasteiger partial charge in [-0.25, -0.2) is 0 Å². The van der Waals surface area contributed by atoms with Crippen LogP contribution in [0.25, 0.3) is 0 Å². The Hall–Kier alpha value is -1.94. The Morgan fingerprint density at radius 1 is 1.10 bits per heavy atom. The maximum absolute atomic E-state index is 12.3. The van der Waals surface area contributed by atoms with Gasteiger partial charge in [-0.1, -0.05) is 18.2 Å². The summed E-state index contributed by atoms with van der Waals surface area (Å²) in [4.78, 5) is 12.3. The second-order valence-corrected chi connectivity index (χ2v) is 6.61. The van der Waals surface area contributed by atoms with Crippen LogP contribution < -0.4 is 5.32 Å². The van der Waals surface area contributed by atoms with Crippen molar-refractivity contribution in [3.05, 3.63) is 64.7 Å². The molecule has 21 heavy (non-hydrogen) atoms. The van der Waals surface area contributed by atoms with Crippen LogP contribution in [0.1, 0.15) is 27.0 Å². The molecule has 3 nitrogen and oxygen atoms in total. The highest BCUT2D eigenvalue weighted by Crippen LogP contribution is 2.16. The molecule has 0 aliphatic heterocycles. The molecule has 0 spiro atoms. The number of nitrogens with one attached hydrogen (secondary N) is 1. The maximum Gasteiger partial charge on any atom is 0.255 e. The van der Waals surface area contributed by atoms with E-state index in [4.69, 9.17) is 0 Å². The van der Waals surface area contributed by atoms with Gasteiger partial charge >= 0.3 is 0 Å². The first-order chi connectivity index (χ1) is 9.95. The van der Waals surface area contributed by atoms with E-state index in [9.17, 15) is 9.00 Å². The van der Waals surface area contributed by atoms with E-state index in [-0.39, 0.29) is 5.91 Å². The third-order valence-corrected chi connectivity index (χ3v) is 4.06. The van der Waals surface area contributed by atoms with Crippen LogP contribution in [-0.4, -0.2) is 16.4 Å². The molecule has 0 fully saturated rings. The number of hydrogen-bond acceptors (Lipinski definition) is 2. The summed E-state index contributed by atoms with van der Waals surface area (Å²) in [6.45, 7) is 4.05. The minimum Gasteiger partial charge on any atom is -0.322 e. The van der Waals surface area contributed by atoms with Crippen molar-refractivity contribution in [2.24, 2.45) is 0 Å². The van der Waals surface area contributed by atoms with Crippen LogP contribution in [0, 0.1) is 13.8 Å². The van der Waals surface area contributed by atoms with E-state index in [0.29, 0.717) is 11.3 Å². The fraction of sp³-hybridized carbons (Fsp3) is 0.235. The Kier molecular flexibility index (Phi) is 4.91. The van der Waals surface area contributed by atoms with Crippen LogP contribution in [0.4, 0.5) is 5.69 Å². The number of carbonyl (C=O) groups excluding carboxylic acids is 1. The molecular formula is C17H19NO2S. The molecule has 0 radical (unpaired) electrons. The molecule has 2 aromatic rings. The zero-order valence-electron chi connectivity index (χ0n) is 12.5. The monoisotopic (exact) mass is 301 g/mol. The molecule has 1 unspecified atom stereocenters. The van der Waals surface area contributed by atoms with Crippen LogP contribution in [0.15, 0.2) is 42.5 Å². The van der Waals surface area contributed by atoms with Gasteiger partial charge in [-0.05, 0) is 54.8 Å². The van der Waals surface area contributed by atoms with Crippen LogP contribution in [0.5, 0.6) is 0 Å². The zero-order valence-corrected chi connectivity index (χ0v) is 13.3. The quantitative estimate of drug-likeness (QED) is 0.940. The Morgan fingerprint density at radius 2 is 1.86 bits per heavy atom. The van der Waals surface area contributed by atoms with Gasteiger partial charge in [0.2, 0.25) is 0 Å². The number of anilines is 1. The summed E-state index contributed by atoms with van der Waals surface area (Å²) < 4.78 is 11.3. The van der Waals surface area contributed by atoms with Gasteiger partial charge < -0.3 is 5.32 Å². The average Bonchev–Trinajstić information content (AvgIpc) is 2.42. The topological polar surface area (TPSA) is 46.2 Å². The summed E-state index contributed by atoms with van der Waals surface area (Å²) in [5.41, 5.74) is 4.61. The van der Waals surface area contributed by atoms with E-state index < -0.39 is 10.8 Å². The highest BCUT2D eigenvalue weighted by Gasteiger charge is 2.08. The predicted octanol–water partition coefficient (Wildman–Crippen LogP) is 3.43. The second-order valence-electron chi connectivity index (χ2n) is 5.17. The van der Waals surface area contributed by atoms with Gasteiger partial charge in [0.25, 0.3) is 5.91 Å². The molecule has 2 rings (SSSR count). The minimum atomic E-state index is -0.913. The van der Waals surface area contributed by atoms with Gasteiger partial charge in [-0.3, -0.25) is 9.00 Å². The van der Waals surface area contributed by atoms with E-state index in [1.54, 1.807) is 18.4 Å². The first kappa shape index (κ1) is 15.4. The van der Waals surface area contributed by atoms with Crippen LogP contribution >= 0.6 is 0 Å². The van der Waals surface area contributed by atoms with E-state index in [1.165, 1.54) is 5.56 Å². The lowest BCUT2D eigenvalue weighted by Crippen LogP contribution is -2.12. The van der Waals surface area contributed by atoms with Crippen LogP contribution in [0.3, 0.4) is 0 Å². The molecule has 1 atom stereocenters. The van der Waals surface area contributed by atoms with Crippen molar-refractivity contribution < 1.29 is 9.00 Å². The number of carbonyl (C=O) groups is 1. The standard InChI is InChI=1S/C17H19NO2S/c1-12-7-8-16(9-13(12)2)18-17(19)15-6-4-5-14(10-15)11-21(3)20/h4-10H,11H2,1-3H3,(H,18,19). The van der Waals surface area contributed by atoms with Crippen molar-refractivity contribution in [1.82, 2.24) is 0 Å². The third-order valence-electron chi connectivity index (χ3n) is 3.32. The maximum atomic E-state index is 12.3. The Bertz CT molecular complexity index is 695. The van der Waals surface area contributed by atoms with Gasteiger partial charge in [-0.2, -0.15) is 0 Å². The van der Waals surface area contributed by atoms with Gasteiger partial charge in [0.1, 0.15) is 0 Å². The van der Waals surface area contributed by atoms with Crippen molar-refractivity contribution in [1.29, 1.82) is 0 Å². The van der Waals surface area contributed by atoms with E-state index in [2.05, 4.69) is 5.32 Å². The summed E-state index contributed by atoms with van der Waals surface area (Å²) in [6.07, 6.45) is 1.65. The lowest BCUT2D eigenvalue weighted by atomic mass is 10.1. The van der Waals surface area contributed by atoms with Gasteiger partial charge in [0.15, 0.2) is 0 Å². The average molecular weight is 301 g/mol.